The van der Waals surface area contributed by atoms with Gasteiger partial charge in [0.15, 0.2) is 16.1 Å². The summed E-state index contributed by atoms with van der Waals surface area (Å²) in [5.74, 6) is 1.67. The average Bonchev–Trinajstić information content (AvgIpc) is 1.53. The minimum atomic E-state index is -3.20. The summed E-state index contributed by atoms with van der Waals surface area (Å²) in [6, 6.07) is 181. The number of para-hydroxylation sites is 9. The molecular weight excluding hydrogens is 1660 g/mol. The van der Waals surface area contributed by atoms with Crippen LogP contribution in [-0.2, 0) is 0 Å². The fourth-order valence-electron chi connectivity index (χ4n) is 23.2. The molecule has 28 rings (SSSR count). The van der Waals surface area contributed by atoms with Crippen molar-refractivity contribution in [2.75, 3.05) is 0 Å². The summed E-state index contributed by atoms with van der Waals surface area (Å²) in [4.78, 5) is 12.0. The van der Waals surface area contributed by atoms with Crippen LogP contribution >= 0.6 is 0 Å². The molecule has 0 amide bonds. The monoisotopic (exact) mass is 1740 g/mol. The van der Waals surface area contributed by atoms with Crippen LogP contribution in [0.5, 0.6) is 0 Å². The first-order chi connectivity index (χ1) is 66.5. The van der Waals surface area contributed by atoms with Crippen LogP contribution in [0, 0.1) is 0 Å². The Morgan fingerprint density at radius 3 is 0.821 bits per heavy atom. The maximum atomic E-state index is 6.00. The molecule has 0 aliphatic carbocycles. The number of hydrogen-bond acceptors (Lipinski definition) is 2. The van der Waals surface area contributed by atoms with Crippen molar-refractivity contribution < 1.29 is 0 Å². The van der Waals surface area contributed by atoms with Crippen LogP contribution in [0.15, 0.2) is 485 Å². The number of hydrogen-bond donors (Lipinski definition) is 0. The molecule has 134 heavy (non-hydrogen) atoms. The molecule has 0 bridgehead atoms. The predicted molar refractivity (Wildman–Crippen MR) is 563 cm³/mol. The fraction of sp³-hybridized carbons (Fsp3) is 0. The summed E-state index contributed by atoms with van der Waals surface area (Å²) >= 11 is 0. The lowest BCUT2D eigenvalue weighted by Gasteiger charge is -2.35. The Bertz CT molecular complexity index is 9470. The molecule has 10 nitrogen and oxygen atoms in total. The summed E-state index contributed by atoms with van der Waals surface area (Å²) in [7, 11) is -6.40. The molecule has 0 saturated heterocycles. The molecule has 0 unspecified atom stereocenters. The van der Waals surface area contributed by atoms with Crippen molar-refractivity contribution in [1.29, 1.82) is 0 Å². The van der Waals surface area contributed by atoms with Gasteiger partial charge in [-0.3, -0.25) is 17.9 Å². The quantitative estimate of drug-likeness (QED) is 0.0758. The predicted octanol–water partition coefficient (Wildman–Crippen LogP) is 24.0. The van der Waals surface area contributed by atoms with E-state index in [1.807, 2.05) is 0 Å². The Labute approximate surface area is 771 Å². The van der Waals surface area contributed by atoms with Crippen LogP contribution < -0.4 is 41.5 Å². The van der Waals surface area contributed by atoms with Crippen molar-refractivity contribution in [3.8, 4) is 45.3 Å². The van der Waals surface area contributed by atoms with E-state index in [1.54, 1.807) is 0 Å². The number of fused-ring (bicyclic) bond motifs is 24. The highest BCUT2D eigenvalue weighted by Crippen LogP contribution is 2.45. The number of imidazole rings is 4. The smallest absolute Gasteiger partial charge is 0.220 e. The Morgan fingerprint density at radius 2 is 0.410 bits per heavy atom. The van der Waals surface area contributed by atoms with Gasteiger partial charge in [0.05, 0.1) is 77.2 Å². The highest BCUT2D eigenvalue weighted by molar-refractivity contribution is 7.20. The maximum absolute atomic E-state index is 6.00. The van der Waals surface area contributed by atoms with E-state index in [0.29, 0.717) is 0 Å². The van der Waals surface area contributed by atoms with Gasteiger partial charge in [0, 0.05) is 77.2 Å². The lowest BCUT2D eigenvalue weighted by atomic mass is 10.0. The standard InChI is InChI=1S/C122H80N10Si2/c1-7-35-83(36-8-1)127-110-71-67-81(75-104(110)103-70-74-114-118(120(103)127)124-122-130(111-65-29-30-66-112(111)131(114)122)88-42-34-54-96(80-88)134(91-47-15-5-16-48-91,92-49-17-6-18-50-92)94-52-32-40-86(78-94)126-107-62-26-21-57-99(107)100-58-22-27-63-108(100)126)82-68-72-113-116(76-82)129(84-37-9-2-10-38-84)121-123-117-115(132(113)121)73-69-102-101-59-23-28-64-109(101)128(119(102)117)87-41-33-53-95(79-87)133(89-43-11-3-12-44-89,90-45-13-4-14-46-90)93-51-31-39-85(77-93)125-105-60-24-19-55-97(105)98-56-20-25-61-106(98)125/h1-80H. The van der Waals surface area contributed by atoms with Gasteiger partial charge in [-0.25, -0.2) is 9.97 Å². The van der Waals surface area contributed by atoms with Crippen LogP contribution in [0.25, 0.3) is 188 Å². The Hall–Kier alpha value is -17.4. The topological polar surface area (TPSA) is 64.2 Å². The molecule has 8 heterocycles. The van der Waals surface area contributed by atoms with Crippen LogP contribution in [0.2, 0.25) is 0 Å². The molecule has 0 spiro atoms. The lowest BCUT2D eigenvalue weighted by molar-refractivity contribution is 1.11. The highest BCUT2D eigenvalue weighted by atomic mass is 28.3. The minimum Gasteiger partial charge on any atom is -0.309 e. The summed E-state index contributed by atoms with van der Waals surface area (Å²) in [5, 5.41) is 19.8. The molecule has 0 saturated carbocycles. The van der Waals surface area contributed by atoms with Crippen molar-refractivity contribution in [1.82, 2.24) is 46.2 Å². The molecule has 20 aromatic carbocycles. The highest BCUT2D eigenvalue weighted by Gasteiger charge is 2.44. The first-order valence-electron chi connectivity index (χ1n) is 46.0. The second kappa shape index (κ2) is 29.6. The van der Waals surface area contributed by atoms with Gasteiger partial charge in [0.1, 0.15) is 11.0 Å². The normalized spacial score (nSPS) is 12.3. The minimum absolute atomic E-state index is 0.831. The molecular formula is C122H80N10Si2. The van der Waals surface area contributed by atoms with Crippen LogP contribution in [0.4, 0.5) is 0 Å². The fourth-order valence-corrected chi connectivity index (χ4v) is 32.8. The van der Waals surface area contributed by atoms with Crippen molar-refractivity contribution in [3.05, 3.63) is 485 Å². The molecule has 0 aliphatic rings. The van der Waals surface area contributed by atoms with Crippen LogP contribution in [0.1, 0.15) is 0 Å². The van der Waals surface area contributed by atoms with Gasteiger partial charge in [-0.1, -0.05) is 322 Å². The molecule has 28 aromatic rings. The van der Waals surface area contributed by atoms with Gasteiger partial charge in [-0.2, -0.15) is 0 Å². The van der Waals surface area contributed by atoms with Crippen LogP contribution in [-0.4, -0.2) is 62.3 Å². The molecule has 8 aromatic heterocycles. The summed E-state index contributed by atoms with van der Waals surface area (Å²) in [6.45, 7) is 0. The molecule has 626 valence electrons. The van der Waals surface area contributed by atoms with E-state index < -0.39 is 16.1 Å². The molecule has 0 N–H and O–H groups in total. The first kappa shape index (κ1) is 75.5. The van der Waals surface area contributed by atoms with E-state index in [0.717, 1.165) is 139 Å². The molecule has 0 atom stereocenters. The Balaban J connectivity index is 0.604. The Kier molecular flexibility index (Phi) is 16.7. The maximum Gasteiger partial charge on any atom is 0.220 e. The second-order valence-corrected chi connectivity index (χ2v) is 43.1. The van der Waals surface area contributed by atoms with Crippen LogP contribution in [0.3, 0.4) is 0 Å². The summed E-state index contributed by atoms with van der Waals surface area (Å²) in [5.41, 5.74) is 25.8. The largest absolute Gasteiger partial charge is 0.309 e. The van der Waals surface area contributed by atoms with E-state index in [2.05, 4.69) is 522 Å². The van der Waals surface area contributed by atoms with Crippen molar-refractivity contribution >= 4 is 201 Å². The lowest BCUT2D eigenvalue weighted by Crippen LogP contribution is -2.74. The van der Waals surface area contributed by atoms with Crippen molar-refractivity contribution in [3.63, 3.8) is 0 Å². The van der Waals surface area contributed by atoms with E-state index in [-0.39, 0.29) is 0 Å². The number of nitrogens with zero attached hydrogens (tertiary/aromatic N) is 10. The van der Waals surface area contributed by atoms with E-state index in [9.17, 15) is 0 Å². The molecule has 0 aliphatic heterocycles. The van der Waals surface area contributed by atoms with Crippen molar-refractivity contribution in [2.45, 2.75) is 0 Å². The summed E-state index contributed by atoms with van der Waals surface area (Å²) < 4.78 is 19.4. The van der Waals surface area contributed by atoms with Gasteiger partial charge >= 0.3 is 0 Å². The number of benzene rings is 20. The number of rotatable bonds is 15. The second-order valence-electron chi connectivity index (χ2n) is 35.5. The third-order valence-corrected chi connectivity index (χ3v) is 38.2. The number of aromatic nitrogens is 10. The zero-order valence-corrected chi connectivity index (χ0v) is 74.7. The summed E-state index contributed by atoms with van der Waals surface area (Å²) in [6.07, 6.45) is 0. The SMILES string of the molecule is c1ccc(-n2c3ccc(-c4ccc5c(c4)n(-c4ccccc4)c4nc6c7c(ccc6n54)c4ccccc4n7-c4cccc([Si](c5ccccc5)(c5ccccc5)c5cccc(-n6c7ccccc7c7ccccc76)c5)c4)cc3c3ccc4c(nc5n(-c6cccc([Si](c7ccccc7)(c7ccccc7)c7cccc(-n8c9ccccc9c9ccccc98)c7)c6)c6ccccc6n45)c32)cc1. The average molecular weight is 1740 g/mol. The van der Waals surface area contributed by atoms with E-state index >= 15 is 0 Å². The van der Waals surface area contributed by atoms with Crippen molar-refractivity contribution in [2.24, 2.45) is 0 Å². The molecule has 0 radical (unpaired) electrons. The van der Waals surface area contributed by atoms with E-state index in [1.165, 1.54) is 90.5 Å². The zero-order chi connectivity index (χ0) is 87.9. The Morgan fingerprint density at radius 1 is 0.149 bits per heavy atom. The first-order valence-corrected chi connectivity index (χ1v) is 50.0. The third-order valence-electron chi connectivity index (χ3n) is 28.7. The third kappa shape index (κ3) is 10.9. The molecule has 12 heteroatoms. The van der Waals surface area contributed by atoms with Gasteiger partial charge < -0.3 is 18.3 Å². The van der Waals surface area contributed by atoms with Gasteiger partial charge in [-0.15, -0.1) is 0 Å². The van der Waals surface area contributed by atoms with Gasteiger partial charge in [0.2, 0.25) is 11.6 Å². The van der Waals surface area contributed by atoms with Gasteiger partial charge in [0.25, 0.3) is 0 Å². The van der Waals surface area contributed by atoms with E-state index in [4.69, 9.17) is 9.97 Å². The van der Waals surface area contributed by atoms with Gasteiger partial charge in [-0.05, 0) is 216 Å². The molecule has 0 fully saturated rings. The zero-order valence-electron chi connectivity index (χ0n) is 72.7.